The van der Waals surface area contributed by atoms with Gasteiger partial charge in [-0.15, -0.1) is 0 Å². The van der Waals surface area contributed by atoms with Gasteiger partial charge >= 0.3 is 6.11 Å². The van der Waals surface area contributed by atoms with E-state index < -0.39 is 11.9 Å². The minimum absolute atomic E-state index is 0.0483. The van der Waals surface area contributed by atoms with Crippen LogP contribution >= 0.6 is 11.6 Å². The lowest BCUT2D eigenvalue weighted by Crippen LogP contribution is -2.26. The Bertz CT molecular complexity index is 783. The molecule has 0 spiro atoms. The molecule has 1 nitrogen and oxygen atoms in total. The van der Waals surface area contributed by atoms with Crippen LogP contribution in [0.15, 0.2) is 42.5 Å². The van der Waals surface area contributed by atoms with Gasteiger partial charge in [0.15, 0.2) is 0 Å². The number of ether oxygens (including phenoxy) is 1. The predicted molar refractivity (Wildman–Crippen MR) is 112 cm³/mol. The minimum Gasteiger partial charge on any atom is -0.433 e. The molecule has 1 aliphatic carbocycles. The molecule has 1 aliphatic rings. The zero-order valence-electron chi connectivity index (χ0n) is 16.8. The lowest BCUT2D eigenvalue weighted by Gasteiger charge is -2.29. The average molecular weight is 425 g/mol. The van der Waals surface area contributed by atoms with Crippen molar-refractivity contribution in [3.63, 3.8) is 0 Å². The number of hydrogen-bond donors (Lipinski definition) is 0. The Morgan fingerprint density at radius 3 is 2.10 bits per heavy atom. The molecular weight excluding hydrogens is 397 g/mol. The molecule has 1 saturated carbocycles. The second-order valence-corrected chi connectivity index (χ2v) is 8.51. The van der Waals surface area contributed by atoms with Gasteiger partial charge in [0.2, 0.25) is 0 Å². The van der Waals surface area contributed by atoms with Gasteiger partial charge < -0.3 is 4.74 Å². The van der Waals surface area contributed by atoms with E-state index in [0.29, 0.717) is 23.5 Å². The van der Waals surface area contributed by atoms with Crippen LogP contribution in [0.1, 0.15) is 58.3 Å². The van der Waals surface area contributed by atoms with Crippen molar-refractivity contribution in [3.05, 3.63) is 53.3 Å². The molecule has 0 N–H and O–H groups in total. The van der Waals surface area contributed by atoms with Crippen molar-refractivity contribution in [1.82, 2.24) is 0 Å². The fourth-order valence-electron chi connectivity index (χ4n) is 4.20. The molecule has 0 atom stereocenters. The zero-order valence-corrected chi connectivity index (χ0v) is 17.5. The van der Waals surface area contributed by atoms with Crippen molar-refractivity contribution in [2.75, 3.05) is 0 Å². The van der Waals surface area contributed by atoms with Crippen LogP contribution in [-0.2, 0) is 0 Å². The van der Waals surface area contributed by atoms with Crippen LogP contribution in [0.3, 0.4) is 0 Å². The van der Waals surface area contributed by atoms with E-state index in [-0.39, 0.29) is 17.2 Å². The second kappa shape index (κ2) is 9.88. The van der Waals surface area contributed by atoms with E-state index in [1.54, 1.807) is 18.2 Å². The Morgan fingerprint density at radius 2 is 1.52 bits per heavy atom. The van der Waals surface area contributed by atoms with Crippen LogP contribution in [0, 0.1) is 17.7 Å². The van der Waals surface area contributed by atoms with Gasteiger partial charge in [0.1, 0.15) is 11.6 Å². The van der Waals surface area contributed by atoms with E-state index in [1.165, 1.54) is 37.1 Å². The third-order valence-corrected chi connectivity index (χ3v) is 6.19. The monoisotopic (exact) mass is 424 g/mol. The summed E-state index contributed by atoms with van der Waals surface area (Å²) in [6, 6.07) is 10.7. The van der Waals surface area contributed by atoms with Crippen LogP contribution in [0.4, 0.5) is 13.2 Å². The van der Waals surface area contributed by atoms with E-state index in [1.807, 2.05) is 0 Å². The standard InChI is InChI=1S/C24H28ClF3O/c1-2-3-17-4-6-18(7-5-17)14-15-24(27,28)29-21-11-8-19(9-12-21)20-10-13-22(25)23(26)16-20/h8-13,16-18H,2-7,14-15H2,1H3. The Labute approximate surface area is 176 Å². The topological polar surface area (TPSA) is 9.23 Å². The summed E-state index contributed by atoms with van der Waals surface area (Å²) in [7, 11) is 0. The molecule has 158 valence electrons. The molecule has 0 radical (unpaired) electrons. The Hall–Kier alpha value is -1.68. The molecule has 0 amide bonds. The Balaban J connectivity index is 1.51. The molecule has 3 rings (SSSR count). The highest BCUT2D eigenvalue weighted by atomic mass is 35.5. The van der Waals surface area contributed by atoms with E-state index in [9.17, 15) is 13.2 Å². The van der Waals surface area contributed by atoms with Crippen molar-refractivity contribution in [2.45, 2.75) is 64.4 Å². The van der Waals surface area contributed by atoms with Crippen molar-refractivity contribution >= 4 is 11.6 Å². The van der Waals surface area contributed by atoms with Gasteiger partial charge in [-0.25, -0.2) is 4.39 Å². The smallest absolute Gasteiger partial charge is 0.397 e. The molecule has 5 heteroatoms. The third-order valence-electron chi connectivity index (χ3n) is 5.88. The quantitative estimate of drug-likeness (QED) is 0.412. The first-order chi connectivity index (χ1) is 13.9. The highest BCUT2D eigenvalue weighted by molar-refractivity contribution is 6.30. The van der Waals surface area contributed by atoms with Crippen molar-refractivity contribution in [1.29, 1.82) is 0 Å². The van der Waals surface area contributed by atoms with Crippen molar-refractivity contribution < 1.29 is 17.9 Å². The minimum atomic E-state index is -3.19. The van der Waals surface area contributed by atoms with E-state index in [0.717, 1.165) is 31.6 Å². The van der Waals surface area contributed by atoms with E-state index in [4.69, 9.17) is 16.3 Å². The maximum absolute atomic E-state index is 14.3. The van der Waals surface area contributed by atoms with Gasteiger partial charge in [-0.1, -0.05) is 75.2 Å². The SMILES string of the molecule is CCCC1CCC(CCC(F)(F)Oc2ccc(-c3ccc(Cl)c(F)c3)cc2)CC1. The summed E-state index contributed by atoms with van der Waals surface area (Å²) in [5, 5.41) is 0.0483. The summed E-state index contributed by atoms with van der Waals surface area (Å²) < 4.78 is 47.2. The Kier molecular flexibility index (Phi) is 7.50. The zero-order chi connectivity index (χ0) is 20.9. The molecule has 0 heterocycles. The first-order valence-corrected chi connectivity index (χ1v) is 10.9. The molecule has 0 unspecified atom stereocenters. The van der Waals surface area contributed by atoms with Gasteiger partial charge in [0, 0.05) is 0 Å². The molecule has 2 aromatic rings. The van der Waals surface area contributed by atoms with Crippen molar-refractivity contribution in [3.8, 4) is 16.9 Å². The van der Waals surface area contributed by atoms with E-state index in [2.05, 4.69) is 6.92 Å². The van der Waals surface area contributed by atoms with Crippen molar-refractivity contribution in [2.24, 2.45) is 11.8 Å². The summed E-state index contributed by atoms with van der Waals surface area (Å²) in [4.78, 5) is 0. The second-order valence-electron chi connectivity index (χ2n) is 8.11. The molecule has 0 bridgehead atoms. The molecule has 1 fully saturated rings. The normalized spacial score (nSPS) is 19.9. The van der Waals surface area contributed by atoms with Gasteiger partial charge in [0.05, 0.1) is 11.4 Å². The number of halogens is 4. The lowest BCUT2D eigenvalue weighted by molar-refractivity contribution is -0.183. The van der Waals surface area contributed by atoms with Gasteiger partial charge in [-0.3, -0.25) is 0 Å². The summed E-state index contributed by atoms with van der Waals surface area (Å²) in [5.74, 6) is 0.750. The molecule has 0 aromatic heterocycles. The predicted octanol–water partition coefficient (Wildman–Crippen LogP) is 8.50. The molecule has 0 aliphatic heterocycles. The molecule has 29 heavy (non-hydrogen) atoms. The van der Waals surface area contributed by atoms with Gasteiger partial charge in [-0.2, -0.15) is 8.78 Å². The highest BCUT2D eigenvalue weighted by Gasteiger charge is 2.33. The van der Waals surface area contributed by atoms with Crippen LogP contribution in [0.5, 0.6) is 5.75 Å². The van der Waals surface area contributed by atoms with Gasteiger partial charge in [0.25, 0.3) is 0 Å². The number of rotatable bonds is 8. The van der Waals surface area contributed by atoms with Crippen LogP contribution < -0.4 is 4.74 Å². The maximum atomic E-state index is 14.3. The summed E-state index contributed by atoms with van der Waals surface area (Å²) >= 11 is 5.69. The first kappa shape index (κ1) is 22.0. The van der Waals surface area contributed by atoms with Gasteiger partial charge in [-0.05, 0) is 53.6 Å². The summed E-state index contributed by atoms with van der Waals surface area (Å²) in [6.07, 6.45) is 3.93. The summed E-state index contributed by atoms with van der Waals surface area (Å²) in [6.45, 7) is 2.20. The third kappa shape index (κ3) is 6.40. The highest BCUT2D eigenvalue weighted by Crippen LogP contribution is 2.36. The maximum Gasteiger partial charge on any atom is 0.397 e. The fraction of sp³-hybridized carbons (Fsp3) is 0.500. The Morgan fingerprint density at radius 1 is 0.931 bits per heavy atom. The van der Waals surface area contributed by atoms with E-state index >= 15 is 0 Å². The fourth-order valence-corrected chi connectivity index (χ4v) is 4.32. The van der Waals surface area contributed by atoms with Crippen LogP contribution in [0.25, 0.3) is 11.1 Å². The molecule has 0 saturated heterocycles. The van der Waals surface area contributed by atoms with Crippen LogP contribution in [0.2, 0.25) is 5.02 Å². The number of benzene rings is 2. The van der Waals surface area contributed by atoms with Crippen LogP contribution in [-0.4, -0.2) is 6.11 Å². The summed E-state index contributed by atoms with van der Waals surface area (Å²) in [5.41, 5.74) is 1.34. The number of hydrogen-bond acceptors (Lipinski definition) is 1. The largest absolute Gasteiger partial charge is 0.433 e. The first-order valence-electron chi connectivity index (χ1n) is 10.5. The molecular formula is C24H28ClF3O. The average Bonchev–Trinajstić information content (AvgIpc) is 2.70. The lowest BCUT2D eigenvalue weighted by atomic mass is 9.78. The number of alkyl halides is 2. The molecule has 2 aromatic carbocycles.